The molecule has 2 N–H and O–H groups in total. The van der Waals surface area contributed by atoms with Crippen molar-refractivity contribution in [2.75, 3.05) is 18.0 Å². The van der Waals surface area contributed by atoms with Gasteiger partial charge in [-0.15, -0.1) is 0 Å². The first-order valence-corrected chi connectivity index (χ1v) is 6.22. The fourth-order valence-electron chi connectivity index (χ4n) is 1.85. The van der Waals surface area contributed by atoms with Crippen LogP contribution in [-0.2, 0) is 4.79 Å². The van der Waals surface area contributed by atoms with E-state index in [1.165, 1.54) is 5.56 Å². The Morgan fingerprint density at radius 1 is 1.29 bits per heavy atom. The van der Waals surface area contributed by atoms with E-state index in [1.807, 2.05) is 45.0 Å². The molecule has 1 aromatic rings. The third kappa shape index (κ3) is 3.30. The number of carbonyl (C=O) groups is 1. The van der Waals surface area contributed by atoms with Crippen LogP contribution in [-0.4, -0.2) is 19.0 Å². The van der Waals surface area contributed by atoms with Crippen LogP contribution < -0.4 is 10.6 Å². The van der Waals surface area contributed by atoms with Gasteiger partial charge in [0.2, 0.25) is 5.91 Å². The number of aryl methyl sites for hydroxylation is 1. The third-order valence-electron chi connectivity index (χ3n) is 3.05. The Bertz CT molecular complexity index is 355. The third-order valence-corrected chi connectivity index (χ3v) is 3.05. The van der Waals surface area contributed by atoms with E-state index < -0.39 is 0 Å². The van der Waals surface area contributed by atoms with Crippen molar-refractivity contribution in [3.05, 3.63) is 29.8 Å². The van der Waals surface area contributed by atoms with Gasteiger partial charge in [0.15, 0.2) is 0 Å². The van der Waals surface area contributed by atoms with Gasteiger partial charge in [0.05, 0.1) is 5.92 Å². The van der Waals surface area contributed by atoms with Gasteiger partial charge in [0.1, 0.15) is 0 Å². The molecule has 1 unspecified atom stereocenters. The predicted octanol–water partition coefficient (Wildman–Crippen LogP) is 2.33. The maximum Gasteiger partial charge on any atom is 0.231 e. The van der Waals surface area contributed by atoms with Crippen LogP contribution in [0.4, 0.5) is 5.69 Å². The second-order valence-corrected chi connectivity index (χ2v) is 4.26. The summed E-state index contributed by atoms with van der Waals surface area (Å²) in [6.45, 7) is 7.12. The molecule has 0 spiro atoms. The Labute approximate surface area is 104 Å². The Morgan fingerprint density at radius 2 is 1.88 bits per heavy atom. The topological polar surface area (TPSA) is 46.3 Å². The Hall–Kier alpha value is -1.35. The van der Waals surface area contributed by atoms with Gasteiger partial charge in [0.25, 0.3) is 0 Å². The SMILES string of the molecule is CCC(CN)C(=O)N(CC)c1ccc(C)cc1. The molecule has 0 saturated carbocycles. The summed E-state index contributed by atoms with van der Waals surface area (Å²) in [4.78, 5) is 14.1. The zero-order valence-corrected chi connectivity index (χ0v) is 10.9. The van der Waals surface area contributed by atoms with E-state index in [0.717, 1.165) is 12.1 Å². The lowest BCUT2D eigenvalue weighted by atomic mass is 10.0. The van der Waals surface area contributed by atoms with Crippen LogP contribution in [0, 0.1) is 12.8 Å². The molecular formula is C14H22N2O. The summed E-state index contributed by atoms with van der Waals surface area (Å²) in [6, 6.07) is 8.02. The normalized spacial score (nSPS) is 12.2. The number of benzene rings is 1. The van der Waals surface area contributed by atoms with Crippen molar-refractivity contribution in [1.82, 2.24) is 0 Å². The van der Waals surface area contributed by atoms with E-state index in [4.69, 9.17) is 5.73 Å². The van der Waals surface area contributed by atoms with E-state index in [9.17, 15) is 4.79 Å². The van der Waals surface area contributed by atoms with Crippen molar-refractivity contribution in [3.8, 4) is 0 Å². The van der Waals surface area contributed by atoms with Crippen LogP contribution in [0.25, 0.3) is 0 Å². The smallest absolute Gasteiger partial charge is 0.231 e. The van der Waals surface area contributed by atoms with Gasteiger partial charge in [-0.05, 0) is 32.4 Å². The molecule has 1 atom stereocenters. The van der Waals surface area contributed by atoms with E-state index in [-0.39, 0.29) is 11.8 Å². The number of rotatable bonds is 5. The van der Waals surface area contributed by atoms with E-state index in [2.05, 4.69) is 0 Å². The molecule has 17 heavy (non-hydrogen) atoms. The van der Waals surface area contributed by atoms with Crippen molar-refractivity contribution >= 4 is 11.6 Å². The highest BCUT2D eigenvalue weighted by atomic mass is 16.2. The number of amides is 1. The molecule has 0 radical (unpaired) electrons. The van der Waals surface area contributed by atoms with Gasteiger partial charge >= 0.3 is 0 Å². The van der Waals surface area contributed by atoms with Crippen LogP contribution in [0.2, 0.25) is 0 Å². The highest BCUT2D eigenvalue weighted by Gasteiger charge is 2.21. The number of nitrogens with two attached hydrogens (primary N) is 1. The number of nitrogens with zero attached hydrogens (tertiary/aromatic N) is 1. The summed E-state index contributed by atoms with van der Waals surface area (Å²) in [5, 5.41) is 0. The zero-order chi connectivity index (χ0) is 12.8. The van der Waals surface area contributed by atoms with Gasteiger partial charge in [-0.25, -0.2) is 0 Å². The maximum atomic E-state index is 12.3. The summed E-state index contributed by atoms with van der Waals surface area (Å²) >= 11 is 0. The van der Waals surface area contributed by atoms with Gasteiger partial charge in [-0.2, -0.15) is 0 Å². The van der Waals surface area contributed by atoms with Crippen molar-refractivity contribution in [3.63, 3.8) is 0 Å². The molecule has 1 aromatic carbocycles. The molecule has 0 aliphatic heterocycles. The summed E-state index contributed by atoms with van der Waals surface area (Å²) < 4.78 is 0. The fraction of sp³-hybridized carbons (Fsp3) is 0.500. The molecule has 3 heteroatoms. The number of hydrogen-bond donors (Lipinski definition) is 1. The highest BCUT2D eigenvalue weighted by molar-refractivity contribution is 5.95. The molecule has 1 rings (SSSR count). The minimum atomic E-state index is -0.0729. The molecule has 0 fully saturated rings. The Morgan fingerprint density at radius 3 is 2.29 bits per heavy atom. The quantitative estimate of drug-likeness (QED) is 0.850. The van der Waals surface area contributed by atoms with Crippen molar-refractivity contribution in [2.24, 2.45) is 11.7 Å². The van der Waals surface area contributed by atoms with Crippen molar-refractivity contribution in [2.45, 2.75) is 27.2 Å². The Balaban J connectivity index is 2.91. The lowest BCUT2D eigenvalue weighted by molar-refractivity contribution is -0.122. The van der Waals surface area contributed by atoms with Gasteiger partial charge in [-0.3, -0.25) is 4.79 Å². The summed E-state index contributed by atoms with van der Waals surface area (Å²) in [7, 11) is 0. The number of hydrogen-bond acceptors (Lipinski definition) is 2. The first kappa shape index (κ1) is 13.7. The molecule has 0 aromatic heterocycles. The van der Waals surface area contributed by atoms with Crippen molar-refractivity contribution in [1.29, 1.82) is 0 Å². The molecule has 0 aliphatic rings. The lowest BCUT2D eigenvalue weighted by Crippen LogP contribution is -2.38. The fourth-order valence-corrected chi connectivity index (χ4v) is 1.85. The molecule has 94 valence electrons. The van der Waals surface area contributed by atoms with E-state index in [1.54, 1.807) is 4.90 Å². The number of carbonyl (C=O) groups excluding carboxylic acids is 1. The lowest BCUT2D eigenvalue weighted by Gasteiger charge is -2.25. The Kier molecular flexibility index (Phi) is 5.16. The maximum absolute atomic E-state index is 12.3. The van der Waals surface area contributed by atoms with Gasteiger partial charge in [0, 0.05) is 18.8 Å². The molecule has 0 aliphatic carbocycles. The first-order chi connectivity index (χ1) is 8.13. The second-order valence-electron chi connectivity index (χ2n) is 4.26. The second kappa shape index (κ2) is 6.40. The predicted molar refractivity (Wildman–Crippen MR) is 72.0 cm³/mol. The summed E-state index contributed by atoms with van der Waals surface area (Å²) in [5.41, 5.74) is 7.78. The van der Waals surface area contributed by atoms with E-state index in [0.29, 0.717) is 13.1 Å². The largest absolute Gasteiger partial charge is 0.330 e. The average molecular weight is 234 g/mol. The van der Waals surface area contributed by atoms with Crippen LogP contribution in [0.5, 0.6) is 0 Å². The van der Waals surface area contributed by atoms with Crippen LogP contribution in [0.15, 0.2) is 24.3 Å². The minimum Gasteiger partial charge on any atom is -0.330 e. The molecule has 0 saturated heterocycles. The van der Waals surface area contributed by atoms with Crippen LogP contribution in [0.1, 0.15) is 25.8 Å². The van der Waals surface area contributed by atoms with Crippen molar-refractivity contribution < 1.29 is 4.79 Å². The summed E-state index contributed by atoms with van der Waals surface area (Å²) in [5.74, 6) is 0.0533. The summed E-state index contributed by atoms with van der Waals surface area (Å²) in [6.07, 6.45) is 0.789. The standard InChI is InChI=1S/C14H22N2O/c1-4-12(10-15)14(17)16(5-2)13-8-6-11(3)7-9-13/h6-9,12H,4-5,10,15H2,1-3H3. The molecule has 3 nitrogen and oxygen atoms in total. The van der Waals surface area contributed by atoms with Gasteiger partial charge in [-0.1, -0.05) is 24.6 Å². The number of anilines is 1. The molecular weight excluding hydrogens is 212 g/mol. The highest BCUT2D eigenvalue weighted by Crippen LogP contribution is 2.18. The van der Waals surface area contributed by atoms with Crippen LogP contribution >= 0.6 is 0 Å². The first-order valence-electron chi connectivity index (χ1n) is 6.22. The monoisotopic (exact) mass is 234 g/mol. The van der Waals surface area contributed by atoms with Gasteiger partial charge < -0.3 is 10.6 Å². The molecule has 1 amide bonds. The van der Waals surface area contributed by atoms with E-state index >= 15 is 0 Å². The minimum absolute atomic E-state index is 0.0729. The zero-order valence-electron chi connectivity index (χ0n) is 10.9. The van der Waals surface area contributed by atoms with Crippen LogP contribution in [0.3, 0.4) is 0 Å². The molecule has 0 heterocycles. The average Bonchev–Trinajstić information content (AvgIpc) is 2.34. The molecule has 0 bridgehead atoms.